The van der Waals surface area contributed by atoms with E-state index in [0.29, 0.717) is 0 Å². The third-order valence-corrected chi connectivity index (χ3v) is 3.69. The van der Waals surface area contributed by atoms with Crippen LogP contribution in [0.4, 0.5) is 0 Å². The number of hydrogen-bond donors (Lipinski definition) is 1. The topological polar surface area (TPSA) is 28.2 Å². The van der Waals surface area contributed by atoms with Crippen LogP contribution in [0.15, 0.2) is 0 Å². The second kappa shape index (κ2) is 11.0. The van der Waals surface area contributed by atoms with Gasteiger partial charge in [-0.3, -0.25) is 0 Å². The van der Waals surface area contributed by atoms with E-state index in [1.165, 1.54) is 64.6 Å². The summed E-state index contributed by atoms with van der Waals surface area (Å²) in [5.41, 5.74) is 0. The zero-order valence-electron chi connectivity index (χ0n) is 11.1. The summed E-state index contributed by atoms with van der Waals surface area (Å²) in [6, 6.07) is 0. The molecule has 2 atom stereocenters. The van der Waals surface area contributed by atoms with Crippen molar-refractivity contribution in [2.45, 2.75) is 58.8 Å². The summed E-state index contributed by atoms with van der Waals surface area (Å²) >= 11 is 0. The average molecular weight is 224 g/mol. The molecule has 16 heavy (non-hydrogen) atoms. The number of rotatable bonds is 7. The van der Waals surface area contributed by atoms with Crippen LogP contribution < -0.4 is 4.90 Å². The molecule has 0 radical (unpaired) electrons. The molecule has 2 heteroatoms. The van der Waals surface area contributed by atoms with E-state index in [1.807, 2.05) is 4.90 Å². The molecule has 0 aromatic heterocycles. The van der Waals surface area contributed by atoms with Gasteiger partial charge in [-0.15, -0.1) is 0 Å². The van der Waals surface area contributed by atoms with E-state index in [1.54, 1.807) is 0 Å². The van der Waals surface area contributed by atoms with Crippen molar-refractivity contribution >= 4 is 0 Å². The minimum Gasteiger partial charge on any atom is -0.512 e. The summed E-state index contributed by atoms with van der Waals surface area (Å²) in [5.74, 6) is 1.04. The van der Waals surface area contributed by atoms with Crippen molar-refractivity contribution in [3.05, 3.63) is 6.57 Å². The molecule has 0 aliphatic carbocycles. The average Bonchev–Trinajstić information content (AvgIpc) is 2.79. The Morgan fingerprint density at radius 1 is 1.12 bits per heavy atom. The quantitative estimate of drug-likeness (QED) is 0.522. The molecule has 0 bridgehead atoms. The Kier molecular flexibility index (Phi) is 10.6. The van der Waals surface area contributed by atoms with Gasteiger partial charge in [0.05, 0.1) is 19.6 Å². The van der Waals surface area contributed by atoms with Crippen LogP contribution in [0.1, 0.15) is 58.8 Å². The molecule has 0 aromatic carbocycles. The van der Waals surface area contributed by atoms with Crippen LogP contribution in [0, 0.1) is 17.8 Å². The number of quaternary nitrogens is 1. The SMILES string of the molecule is CCCCCCC[NH+]1CCC(CC)C1.[C-]#N. The summed E-state index contributed by atoms with van der Waals surface area (Å²) in [6.45, 7) is 13.7. The van der Waals surface area contributed by atoms with E-state index < -0.39 is 0 Å². The molecule has 1 rings (SSSR count). The molecule has 2 nitrogen and oxygen atoms in total. The van der Waals surface area contributed by atoms with Gasteiger partial charge in [0.15, 0.2) is 0 Å². The highest BCUT2D eigenvalue weighted by Gasteiger charge is 2.23. The van der Waals surface area contributed by atoms with E-state index in [9.17, 15) is 0 Å². The highest BCUT2D eigenvalue weighted by atomic mass is 15.1. The molecule has 0 aromatic rings. The van der Waals surface area contributed by atoms with E-state index in [4.69, 9.17) is 11.8 Å². The second-order valence-electron chi connectivity index (χ2n) is 4.93. The lowest BCUT2D eigenvalue weighted by molar-refractivity contribution is -0.889. The fraction of sp³-hybridized carbons (Fsp3) is 0.929. The number of nitrogens with one attached hydrogen (secondary N) is 1. The van der Waals surface area contributed by atoms with Crippen molar-refractivity contribution < 1.29 is 4.90 Å². The molecule has 0 amide bonds. The highest BCUT2D eigenvalue weighted by molar-refractivity contribution is 4.59. The maximum Gasteiger partial charge on any atom is 0.0801 e. The molecular weight excluding hydrogens is 196 g/mol. The second-order valence-corrected chi connectivity index (χ2v) is 4.93. The van der Waals surface area contributed by atoms with Crippen LogP contribution in [-0.2, 0) is 0 Å². The van der Waals surface area contributed by atoms with Crippen LogP contribution in [0.25, 0.3) is 0 Å². The van der Waals surface area contributed by atoms with Crippen LogP contribution in [0.5, 0.6) is 0 Å². The van der Waals surface area contributed by atoms with Crippen molar-refractivity contribution in [2.24, 2.45) is 5.92 Å². The normalized spacial score (nSPS) is 23.8. The van der Waals surface area contributed by atoms with Crippen molar-refractivity contribution in [3.63, 3.8) is 0 Å². The van der Waals surface area contributed by atoms with Crippen molar-refractivity contribution in [2.75, 3.05) is 19.6 Å². The van der Waals surface area contributed by atoms with Gasteiger partial charge in [0.2, 0.25) is 0 Å². The third-order valence-electron chi connectivity index (χ3n) is 3.69. The Balaban J connectivity index is 0.00000106. The molecule has 2 unspecified atom stereocenters. The Morgan fingerprint density at radius 2 is 1.81 bits per heavy atom. The minimum absolute atomic E-state index is 1.04. The molecule has 0 saturated carbocycles. The Bertz CT molecular complexity index is 165. The molecule has 94 valence electrons. The summed E-state index contributed by atoms with van der Waals surface area (Å²) in [6.07, 6.45) is 10.1. The van der Waals surface area contributed by atoms with Gasteiger partial charge in [-0.1, -0.05) is 33.1 Å². The smallest absolute Gasteiger partial charge is 0.0801 e. The molecule has 0 spiro atoms. The molecule has 1 aliphatic heterocycles. The van der Waals surface area contributed by atoms with Gasteiger partial charge >= 0.3 is 0 Å². The van der Waals surface area contributed by atoms with Crippen LogP contribution >= 0.6 is 0 Å². The Hall–Kier alpha value is -0.550. The molecule has 1 heterocycles. The zero-order chi connectivity index (χ0) is 12.2. The molecule has 1 saturated heterocycles. The van der Waals surface area contributed by atoms with E-state index >= 15 is 0 Å². The predicted molar refractivity (Wildman–Crippen MR) is 67.7 cm³/mol. The summed E-state index contributed by atoms with van der Waals surface area (Å²) < 4.78 is 0. The summed E-state index contributed by atoms with van der Waals surface area (Å²) in [5, 5.41) is 6.25. The van der Waals surface area contributed by atoms with E-state index in [0.717, 1.165) is 5.92 Å². The lowest BCUT2D eigenvalue weighted by atomic mass is 10.1. The summed E-state index contributed by atoms with van der Waals surface area (Å²) in [7, 11) is 0. The first-order valence-corrected chi connectivity index (χ1v) is 6.92. The number of unbranched alkanes of at least 4 members (excludes halogenated alkanes) is 4. The lowest BCUT2D eigenvalue weighted by Gasteiger charge is -2.12. The van der Waals surface area contributed by atoms with E-state index in [-0.39, 0.29) is 0 Å². The van der Waals surface area contributed by atoms with Crippen LogP contribution in [0.3, 0.4) is 0 Å². The predicted octanol–water partition coefficient (Wildman–Crippen LogP) is 2.37. The first-order valence-electron chi connectivity index (χ1n) is 6.92. The maximum atomic E-state index is 6.25. The lowest BCUT2D eigenvalue weighted by Crippen LogP contribution is -3.10. The van der Waals surface area contributed by atoms with Crippen LogP contribution in [-0.4, -0.2) is 19.6 Å². The standard InChI is InChI=1S/C13H27N.CN/c1-3-5-6-7-8-10-14-11-9-13(4-2)12-14;1-2/h13H,3-12H2,1-2H3;/q;-1/p+1. The van der Waals surface area contributed by atoms with Crippen molar-refractivity contribution in [1.29, 1.82) is 5.26 Å². The maximum absolute atomic E-state index is 6.25. The van der Waals surface area contributed by atoms with Gasteiger partial charge in [-0.2, -0.15) is 0 Å². The molecule has 1 N–H and O–H groups in total. The first kappa shape index (κ1) is 15.4. The van der Waals surface area contributed by atoms with Gasteiger partial charge in [0.1, 0.15) is 0 Å². The monoisotopic (exact) mass is 224 g/mol. The minimum atomic E-state index is 1.04. The van der Waals surface area contributed by atoms with Gasteiger partial charge in [-0.25, -0.2) is 0 Å². The van der Waals surface area contributed by atoms with Crippen molar-refractivity contribution in [1.82, 2.24) is 0 Å². The van der Waals surface area contributed by atoms with Gasteiger partial charge < -0.3 is 16.7 Å². The number of hydrogen-bond acceptors (Lipinski definition) is 1. The van der Waals surface area contributed by atoms with Crippen LogP contribution in [0.2, 0.25) is 0 Å². The van der Waals surface area contributed by atoms with Gasteiger partial charge in [0, 0.05) is 12.3 Å². The fourth-order valence-electron chi connectivity index (χ4n) is 2.57. The van der Waals surface area contributed by atoms with Gasteiger partial charge in [0.25, 0.3) is 0 Å². The number of nitrogens with zero attached hydrogens (tertiary/aromatic N) is 1. The molecular formula is C14H28N2. The zero-order valence-corrected chi connectivity index (χ0v) is 11.1. The number of likely N-dealkylation sites (tertiary alicyclic amines) is 1. The first-order chi connectivity index (χ1) is 7.86. The fourth-order valence-corrected chi connectivity index (χ4v) is 2.57. The van der Waals surface area contributed by atoms with Crippen molar-refractivity contribution in [3.8, 4) is 0 Å². The van der Waals surface area contributed by atoms with E-state index in [2.05, 4.69) is 13.8 Å². The Labute approximate surface area is 102 Å². The Morgan fingerprint density at radius 3 is 2.38 bits per heavy atom. The van der Waals surface area contributed by atoms with Gasteiger partial charge in [-0.05, 0) is 19.3 Å². The molecule has 1 aliphatic rings. The highest BCUT2D eigenvalue weighted by Crippen LogP contribution is 2.08. The summed E-state index contributed by atoms with van der Waals surface area (Å²) in [4.78, 5) is 1.88. The molecule has 1 fully saturated rings. The largest absolute Gasteiger partial charge is 0.512 e. The third kappa shape index (κ3) is 6.85.